The summed E-state index contributed by atoms with van der Waals surface area (Å²) in [6.07, 6.45) is -10.4. The minimum atomic E-state index is -5.18. The van der Waals surface area contributed by atoms with E-state index < -0.39 is 67.1 Å². The van der Waals surface area contributed by atoms with Crippen LogP contribution in [0.15, 0.2) is 15.2 Å². The van der Waals surface area contributed by atoms with Gasteiger partial charge in [-0.3, -0.25) is 4.79 Å². The van der Waals surface area contributed by atoms with Gasteiger partial charge in [0.25, 0.3) is 0 Å². The van der Waals surface area contributed by atoms with E-state index in [2.05, 4.69) is 0 Å². The Morgan fingerprint density at radius 1 is 1.00 bits per heavy atom. The van der Waals surface area contributed by atoms with Gasteiger partial charge in [-0.2, -0.15) is 36.9 Å². The minimum Gasteiger partial charge on any atom is -0.288 e. The van der Waals surface area contributed by atoms with Crippen LogP contribution in [0.1, 0.15) is 25.7 Å². The number of allylic oxidation sites excluding steroid dienone is 3. The van der Waals surface area contributed by atoms with Crippen LogP contribution in [0.4, 0.5) is 26.3 Å². The summed E-state index contributed by atoms with van der Waals surface area (Å²) in [6.45, 7) is 0. The van der Waals surface area contributed by atoms with E-state index in [4.69, 9.17) is 10.5 Å². The Labute approximate surface area is 147 Å². The molecule has 0 saturated carbocycles. The fourth-order valence-corrected chi connectivity index (χ4v) is 3.80. The summed E-state index contributed by atoms with van der Waals surface area (Å²) >= 11 is 0.833. The Kier molecular flexibility index (Phi) is 4.54. The number of fused-ring (bicyclic) bond motifs is 1. The lowest BCUT2D eigenvalue weighted by molar-refractivity contribution is -0.135. The van der Waals surface area contributed by atoms with Crippen LogP contribution < -0.4 is 0 Å². The highest BCUT2D eigenvalue weighted by Crippen LogP contribution is 2.54. The second-order valence-electron chi connectivity index (χ2n) is 4.33. The Balaban J connectivity index is 3.07. The van der Waals surface area contributed by atoms with Gasteiger partial charge in [0.1, 0.15) is 27.5 Å². The van der Waals surface area contributed by atoms with E-state index in [9.17, 15) is 31.1 Å². The molecule has 24 heavy (non-hydrogen) atoms. The zero-order valence-corrected chi connectivity index (χ0v) is 13.9. The van der Waals surface area contributed by atoms with Gasteiger partial charge in [0.05, 0.1) is 5.56 Å². The van der Waals surface area contributed by atoms with Crippen molar-refractivity contribution in [2.24, 2.45) is 0 Å². The SMILES string of the molecule is N#CC(C#N)=C1/C(=C\I)C(=O)c2c(C(F)(F)F)sc(C(F)(F)F)c21. The van der Waals surface area contributed by atoms with Crippen LogP contribution in [0.3, 0.4) is 0 Å². The van der Waals surface area contributed by atoms with Gasteiger partial charge in [-0.15, -0.1) is 11.3 Å². The van der Waals surface area contributed by atoms with Crippen LogP contribution in [0.2, 0.25) is 0 Å². The van der Waals surface area contributed by atoms with Crippen LogP contribution in [0.25, 0.3) is 5.57 Å². The molecule has 0 aliphatic heterocycles. The van der Waals surface area contributed by atoms with Gasteiger partial charge in [0.2, 0.25) is 0 Å². The Bertz CT molecular complexity index is 876. The van der Waals surface area contributed by atoms with Crippen molar-refractivity contribution in [1.82, 2.24) is 0 Å². The van der Waals surface area contributed by atoms with Crippen LogP contribution in [-0.2, 0) is 12.4 Å². The monoisotopic (exact) mass is 474 g/mol. The van der Waals surface area contributed by atoms with Crippen molar-refractivity contribution in [3.63, 3.8) is 0 Å². The largest absolute Gasteiger partial charge is 0.426 e. The van der Waals surface area contributed by atoms with Gasteiger partial charge in [-0.25, -0.2) is 0 Å². The Morgan fingerprint density at radius 3 is 1.83 bits per heavy atom. The van der Waals surface area contributed by atoms with E-state index in [1.54, 1.807) is 0 Å². The number of rotatable bonds is 0. The maximum atomic E-state index is 13.2. The van der Waals surface area contributed by atoms with Gasteiger partial charge in [-0.05, 0) is 4.08 Å². The number of Topliss-reactive ketones (excluding diaryl/α,β-unsaturated/α-hetero) is 1. The van der Waals surface area contributed by atoms with Crippen LogP contribution in [0, 0.1) is 22.7 Å². The summed E-state index contributed by atoms with van der Waals surface area (Å²) in [4.78, 5) is 8.83. The zero-order valence-electron chi connectivity index (χ0n) is 10.9. The van der Waals surface area contributed by atoms with Crippen LogP contribution in [0.5, 0.6) is 0 Å². The molecule has 0 amide bonds. The number of nitrogens with zero attached hydrogens (tertiary/aromatic N) is 2. The maximum absolute atomic E-state index is 13.2. The highest BCUT2D eigenvalue weighted by molar-refractivity contribution is 14.1. The minimum absolute atomic E-state index is 0.539. The first-order valence-corrected chi connectivity index (χ1v) is 7.76. The van der Waals surface area contributed by atoms with Crippen LogP contribution >= 0.6 is 33.9 Å². The van der Waals surface area contributed by atoms with Gasteiger partial charge < -0.3 is 0 Å². The summed E-state index contributed by atoms with van der Waals surface area (Å²) in [5.41, 5.74) is -4.33. The molecule has 0 fully saturated rings. The normalized spacial score (nSPS) is 16.1. The molecule has 3 nitrogen and oxygen atoms in total. The second-order valence-corrected chi connectivity index (χ2v) is 5.97. The molecule has 1 heterocycles. The lowest BCUT2D eigenvalue weighted by atomic mass is 10.0. The molecule has 0 N–H and O–H groups in total. The Hall–Kier alpha value is -1.86. The lowest BCUT2D eigenvalue weighted by Crippen LogP contribution is -2.08. The van der Waals surface area contributed by atoms with Gasteiger partial charge in [0.15, 0.2) is 5.78 Å². The fraction of sp³-hybridized carbons (Fsp3) is 0.154. The van der Waals surface area contributed by atoms with Crippen molar-refractivity contribution >= 4 is 45.3 Å². The smallest absolute Gasteiger partial charge is 0.288 e. The van der Waals surface area contributed by atoms with Gasteiger partial charge in [-0.1, -0.05) is 22.6 Å². The second kappa shape index (κ2) is 5.89. The quantitative estimate of drug-likeness (QED) is 0.228. The molecule has 2 rings (SSSR count). The molecule has 0 spiro atoms. The number of carbonyl (C=O) groups is 1. The Morgan fingerprint density at radius 2 is 1.46 bits per heavy atom. The number of halogens is 7. The summed E-state index contributed by atoms with van der Waals surface area (Å²) in [6, 6.07) is 2.65. The van der Waals surface area contributed by atoms with Crippen molar-refractivity contribution in [2.45, 2.75) is 12.4 Å². The number of carbonyl (C=O) groups excluding carboxylic acids is 1. The molecule has 124 valence electrons. The van der Waals surface area contributed by atoms with Gasteiger partial charge in [0, 0.05) is 16.7 Å². The first-order chi connectivity index (χ1) is 11.0. The standard InChI is InChI=1S/C13HF6IN2OS/c14-12(15,16)10-7-6(4(2-21)3-22)5(1-20)9(23)8(7)11(24-10)13(17,18)19/h1H/b5-1+. The van der Waals surface area contributed by atoms with Gasteiger partial charge >= 0.3 is 12.4 Å². The number of ketones is 1. The van der Waals surface area contributed by atoms with E-state index in [0.717, 1.165) is 4.08 Å². The summed E-state index contributed by atoms with van der Waals surface area (Å²) in [5.74, 6) is -1.29. The van der Waals surface area contributed by atoms with Crippen molar-refractivity contribution in [3.05, 3.63) is 36.1 Å². The molecule has 11 heteroatoms. The first kappa shape index (κ1) is 18.5. The van der Waals surface area contributed by atoms with E-state index in [1.807, 2.05) is 0 Å². The van der Waals surface area contributed by atoms with E-state index >= 15 is 0 Å². The molecule has 1 aliphatic rings. The molecule has 0 saturated heterocycles. The van der Waals surface area contributed by atoms with Crippen molar-refractivity contribution in [2.75, 3.05) is 0 Å². The average molecular weight is 474 g/mol. The third-order valence-electron chi connectivity index (χ3n) is 3.00. The summed E-state index contributed by atoms with van der Waals surface area (Å²) in [7, 11) is 0. The third kappa shape index (κ3) is 2.71. The molecule has 0 atom stereocenters. The lowest BCUT2D eigenvalue weighted by Gasteiger charge is -2.08. The van der Waals surface area contributed by atoms with Crippen molar-refractivity contribution < 1.29 is 31.1 Å². The molecular formula is C13HF6IN2OS. The fourth-order valence-electron chi connectivity index (χ4n) is 2.17. The number of hydrogen-bond donors (Lipinski definition) is 0. The number of thiophene rings is 1. The molecule has 0 unspecified atom stereocenters. The predicted octanol–water partition coefficient (Wildman–Crippen LogP) is 5.10. The molecule has 1 aromatic heterocycles. The zero-order chi connectivity index (χ0) is 18.4. The molecular weight excluding hydrogens is 473 g/mol. The topological polar surface area (TPSA) is 64.7 Å². The highest BCUT2D eigenvalue weighted by atomic mass is 127. The summed E-state index contributed by atoms with van der Waals surface area (Å²) < 4.78 is 79.7. The predicted molar refractivity (Wildman–Crippen MR) is 78.9 cm³/mol. The average Bonchev–Trinajstić information content (AvgIpc) is 2.97. The molecule has 1 aliphatic carbocycles. The van der Waals surface area contributed by atoms with Crippen molar-refractivity contribution in [3.8, 4) is 12.1 Å². The first-order valence-electron chi connectivity index (χ1n) is 5.70. The van der Waals surface area contributed by atoms with E-state index in [0.29, 0.717) is 0 Å². The maximum Gasteiger partial charge on any atom is 0.426 e. The highest BCUT2D eigenvalue weighted by Gasteiger charge is 2.51. The van der Waals surface area contributed by atoms with Crippen LogP contribution in [-0.4, -0.2) is 5.78 Å². The number of alkyl halides is 6. The molecule has 0 radical (unpaired) electrons. The van der Waals surface area contributed by atoms with E-state index in [-0.39, 0.29) is 0 Å². The van der Waals surface area contributed by atoms with E-state index in [1.165, 1.54) is 34.7 Å². The third-order valence-corrected chi connectivity index (χ3v) is 4.90. The molecule has 0 bridgehead atoms. The van der Waals surface area contributed by atoms with Crippen molar-refractivity contribution in [1.29, 1.82) is 10.5 Å². The molecule has 1 aromatic rings. The number of hydrogen-bond acceptors (Lipinski definition) is 4. The number of nitriles is 2. The molecule has 0 aromatic carbocycles. The summed E-state index contributed by atoms with van der Waals surface area (Å²) in [5, 5.41) is 17.8.